The minimum Gasteiger partial charge on any atom is -0.381 e. The highest BCUT2D eigenvalue weighted by molar-refractivity contribution is 5.79. The van der Waals surface area contributed by atoms with Crippen LogP contribution in [0.4, 0.5) is 0 Å². The Morgan fingerprint density at radius 2 is 1.59 bits per heavy atom. The van der Waals surface area contributed by atoms with E-state index < -0.39 is 0 Å². The van der Waals surface area contributed by atoms with E-state index in [0.717, 1.165) is 64.6 Å². The van der Waals surface area contributed by atoms with Crippen molar-refractivity contribution in [2.45, 2.75) is 63.0 Å². The Balaban J connectivity index is 1.26. The molecule has 1 saturated heterocycles. The van der Waals surface area contributed by atoms with Crippen molar-refractivity contribution in [3.05, 3.63) is 71.8 Å². The van der Waals surface area contributed by atoms with Gasteiger partial charge >= 0.3 is 0 Å². The van der Waals surface area contributed by atoms with E-state index >= 15 is 0 Å². The van der Waals surface area contributed by atoms with Crippen molar-refractivity contribution in [1.82, 2.24) is 10.2 Å². The summed E-state index contributed by atoms with van der Waals surface area (Å²) in [5, 5.41) is 3.35. The highest BCUT2D eigenvalue weighted by Crippen LogP contribution is 2.29. The second kappa shape index (κ2) is 11.6. The topological polar surface area (TPSA) is 41.6 Å². The molecule has 1 saturated carbocycles. The Hall–Kier alpha value is -2.17. The van der Waals surface area contributed by atoms with E-state index in [1.54, 1.807) is 7.11 Å². The van der Waals surface area contributed by atoms with Gasteiger partial charge in [-0.1, -0.05) is 67.1 Å². The van der Waals surface area contributed by atoms with Gasteiger partial charge in [0.1, 0.15) is 0 Å². The van der Waals surface area contributed by atoms with Gasteiger partial charge in [-0.3, -0.25) is 4.79 Å². The van der Waals surface area contributed by atoms with Crippen molar-refractivity contribution in [1.29, 1.82) is 0 Å². The van der Waals surface area contributed by atoms with Crippen molar-refractivity contribution >= 4 is 5.91 Å². The normalized spacial score (nSPS) is 22.7. The number of amides is 1. The van der Waals surface area contributed by atoms with Gasteiger partial charge < -0.3 is 15.0 Å². The first-order valence-electron chi connectivity index (χ1n) is 12.4. The molecular formula is C28H38N2O2. The molecule has 0 aromatic heterocycles. The number of benzene rings is 2. The monoisotopic (exact) mass is 434 g/mol. The summed E-state index contributed by atoms with van der Waals surface area (Å²) in [7, 11) is 1.76. The molecule has 2 aromatic rings. The van der Waals surface area contributed by atoms with Gasteiger partial charge in [0.2, 0.25) is 5.91 Å². The van der Waals surface area contributed by atoms with Crippen LogP contribution in [0.15, 0.2) is 60.7 Å². The number of hydrogen-bond acceptors (Lipinski definition) is 3. The van der Waals surface area contributed by atoms with Crippen molar-refractivity contribution in [3.8, 4) is 0 Å². The molecule has 2 aliphatic rings. The first-order valence-corrected chi connectivity index (χ1v) is 12.4. The quantitative estimate of drug-likeness (QED) is 0.636. The lowest BCUT2D eigenvalue weighted by Gasteiger charge is -2.35. The molecule has 32 heavy (non-hydrogen) atoms. The molecule has 4 rings (SSSR count). The highest BCUT2D eigenvalue weighted by atomic mass is 16.5. The van der Waals surface area contributed by atoms with Crippen molar-refractivity contribution in [2.75, 3.05) is 26.7 Å². The van der Waals surface area contributed by atoms with E-state index in [2.05, 4.69) is 70.9 Å². The number of carbonyl (C=O) groups excluding carboxylic acids is 1. The Kier molecular flexibility index (Phi) is 8.36. The van der Waals surface area contributed by atoms with Crippen LogP contribution in [0.2, 0.25) is 0 Å². The highest BCUT2D eigenvalue weighted by Gasteiger charge is 2.29. The van der Waals surface area contributed by atoms with E-state index in [-0.39, 0.29) is 17.9 Å². The van der Waals surface area contributed by atoms with E-state index in [1.807, 2.05) is 0 Å². The van der Waals surface area contributed by atoms with Gasteiger partial charge in [0.25, 0.3) is 0 Å². The molecule has 0 bridgehead atoms. The van der Waals surface area contributed by atoms with Crippen molar-refractivity contribution in [3.63, 3.8) is 0 Å². The summed E-state index contributed by atoms with van der Waals surface area (Å²) in [5.74, 6) is 0.803. The molecule has 4 heteroatoms. The Morgan fingerprint density at radius 3 is 2.19 bits per heavy atom. The van der Waals surface area contributed by atoms with Crippen LogP contribution in [0.3, 0.4) is 0 Å². The van der Waals surface area contributed by atoms with E-state index in [9.17, 15) is 4.79 Å². The first-order chi connectivity index (χ1) is 15.7. The van der Waals surface area contributed by atoms with Crippen LogP contribution >= 0.6 is 0 Å². The lowest BCUT2D eigenvalue weighted by atomic mass is 9.86. The average Bonchev–Trinajstić information content (AvgIpc) is 2.86. The number of hydrogen-bond donors (Lipinski definition) is 1. The Morgan fingerprint density at radius 1 is 0.969 bits per heavy atom. The molecule has 2 aromatic carbocycles. The molecule has 1 N–H and O–H groups in total. The number of nitrogens with one attached hydrogen (secondary N) is 1. The smallest absolute Gasteiger partial charge is 0.223 e. The molecule has 1 heterocycles. The SMILES string of the molecule is COC1CCCC(C(=O)NC2CCN(CCC(c3ccccc3)c3ccccc3)CC2)C1. The van der Waals surface area contributed by atoms with E-state index in [4.69, 9.17) is 4.74 Å². The second-order valence-electron chi connectivity index (χ2n) is 9.51. The summed E-state index contributed by atoms with van der Waals surface area (Å²) < 4.78 is 5.50. The van der Waals surface area contributed by atoms with Crippen LogP contribution in [0.25, 0.3) is 0 Å². The molecular weight excluding hydrogens is 396 g/mol. The third kappa shape index (κ3) is 6.20. The zero-order valence-electron chi connectivity index (χ0n) is 19.4. The fraction of sp³-hybridized carbons (Fsp3) is 0.536. The molecule has 1 amide bonds. The average molecular weight is 435 g/mol. The number of methoxy groups -OCH3 is 1. The summed E-state index contributed by atoms with van der Waals surface area (Å²) in [6.45, 7) is 3.21. The predicted molar refractivity (Wildman–Crippen MR) is 130 cm³/mol. The molecule has 2 unspecified atom stereocenters. The van der Waals surface area contributed by atoms with Gasteiger partial charge in [-0.15, -0.1) is 0 Å². The molecule has 2 fully saturated rings. The Bertz CT molecular complexity index is 778. The fourth-order valence-electron chi connectivity index (χ4n) is 5.43. The number of likely N-dealkylation sites (tertiary alicyclic amines) is 1. The van der Waals surface area contributed by atoms with E-state index in [0.29, 0.717) is 12.0 Å². The summed E-state index contributed by atoms with van der Waals surface area (Å²) in [4.78, 5) is 15.3. The van der Waals surface area contributed by atoms with Crippen LogP contribution in [0.5, 0.6) is 0 Å². The predicted octanol–water partition coefficient (Wildman–Crippen LogP) is 4.99. The third-order valence-corrected chi connectivity index (χ3v) is 7.40. The van der Waals surface area contributed by atoms with Crippen LogP contribution in [0, 0.1) is 5.92 Å². The number of carbonyl (C=O) groups is 1. The maximum Gasteiger partial charge on any atom is 0.223 e. The zero-order chi connectivity index (χ0) is 22.2. The van der Waals surface area contributed by atoms with Gasteiger partial charge in [0.05, 0.1) is 6.10 Å². The van der Waals surface area contributed by atoms with E-state index in [1.165, 1.54) is 11.1 Å². The molecule has 0 spiro atoms. The largest absolute Gasteiger partial charge is 0.381 e. The molecule has 0 radical (unpaired) electrons. The minimum absolute atomic E-state index is 0.129. The first kappa shape index (κ1) is 23.0. The maximum atomic E-state index is 12.8. The van der Waals surface area contributed by atoms with Gasteiger partial charge in [-0.05, 0) is 56.2 Å². The van der Waals surface area contributed by atoms with Gasteiger partial charge in [-0.25, -0.2) is 0 Å². The number of rotatable bonds is 8. The molecule has 1 aliphatic carbocycles. The van der Waals surface area contributed by atoms with Gasteiger partial charge in [-0.2, -0.15) is 0 Å². The fourth-order valence-corrected chi connectivity index (χ4v) is 5.43. The number of nitrogens with zero attached hydrogens (tertiary/aromatic N) is 1. The summed E-state index contributed by atoms with van der Waals surface area (Å²) in [6, 6.07) is 22.1. The van der Waals surface area contributed by atoms with Crippen LogP contribution in [0.1, 0.15) is 62.0 Å². The van der Waals surface area contributed by atoms with Gasteiger partial charge in [0.15, 0.2) is 0 Å². The van der Waals surface area contributed by atoms with Crippen LogP contribution in [-0.4, -0.2) is 49.7 Å². The molecule has 4 nitrogen and oxygen atoms in total. The summed E-state index contributed by atoms with van der Waals surface area (Å²) >= 11 is 0. The standard InChI is InChI=1S/C28H38N2O2/c1-32-26-14-8-13-24(21-26)28(31)29-25-15-18-30(19-16-25)20-17-27(22-9-4-2-5-10-22)23-11-6-3-7-12-23/h2-7,9-12,24-27H,8,13-21H2,1H3,(H,29,31). The van der Waals surface area contributed by atoms with Gasteiger partial charge in [0, 0.05) is 38.1 Å². The van der Waals surface area contributed by atoms with Crippen molar-refractivity contribution < 1.29 is 9.53 Å². The summed E-state index contributed by atoms with van der Waals surface area (Å²) in [5.41, 5.74) is 2.78. The molecule has 172 valence electrons. The number of piperidine rings is 1. The molecule has 2 atom stereocenters. The second-order valence-corrected chi connectivity index (χ2v) is 9.51. The van der Waals surface area contributed by atoms with Crippen molar-refractivity contribution in [2.24, 2.45) is 5.92 Å². The maximum absolute atomic E-state index is 12.8. The lowest BCUT2D eigenvalue weighted by Crippen LogP contribution is -2.47. The third-order valence-electron chi connectivity index (χ3n) is 7.40. The zero-order valence-corrected chi connectivity index (χ0v) is 19.4. The summed E-state index contributed by atoms with van der Waals surface area (Å²) in [6.07, 6.45) is 7.53. The lowest BCUT2D eigenvalue weighted by molar-refractivity contribution is -0.128. The van der Waals surface area contributed by atoms with Crippen LogP contribution in [-0.2, 0) is 9.53 Å². The minimum atomic E-state index is 0.129. The molecule has 1 aliphatic heterocycles. The Labute approximate surface area is 193 Å². The van der Waals surface area contributed by atoms with Crippen LogP contribution < -0.4 is 5.32 Å². The number of ether oxygens (including phenoxy) is 1.